The van der Waals surface area contributed by atoms with Crippen LogP contribution in [-0.2, 0) is 4.74 Å². The van der Waals surface area contributed by atoms with Crippen LogP contribution in [0.15, 0.2) is 24.3 Å². The van der Waals surface area contributed by atoms with Crippen molar-refractivity contribution in [2.45, 2.75) is 20.3 Å². The molecular formula is C17H19ClN4O3. The Morgan fingerprint density at radius 2 is 2.00 bits per heavy atom. The molecule has 2 N–H and O–H groups in total. The Kier molecular flexibility index (Phi) is 6.30. The van der Waals surface area contributed by atoms with Crippen molar-refractivity contribution in [2.24, 2.45) is 0 Å². The summed E-state index contributed by atoms with van der Waals surface area (Å²) in [5.41, 5.74) is 0.783. The van der Waals surface area contributed by atoms with Gasteiger partial charge in [-0.15, -0.1) is 0 Å². The standard InChI is InChI=1S/C17H19ClN4O3/c1-4-7-19-15-9-14(20-10(2)21-15)16(23)22-13-8-11(17(24)25-3)5-6-12(13)18/h5-6,8-9H,4,7H2,1-3H3,(H,22,23)(H,19,20,21). The highest BCUT2D eigenvalue weighted by atomic mass is 35.5. The molecule has 7 nitrogen and oxygen atoms in total. The number of methoxy groups -OCH3 is 1. The van der Waals surface area contributed by atoms with Crippen LogP contribution in [0, 0.1) is 6.92 Å². The second kappa shape index (κ2) is 8.43. The van der Waals surface area contributed by atoms with Gasteiger partial charge in [-0.3, -0.25) is 4.79 Å². The van der Waals surface area contributed by atoms with E-state index in [1.807, 2.05) is 6.92 Å². The fourth-order valence-corrected chi connectivity index (χ4v) is 2.24. The van der Waals surface area contributed by atoms with Crippen LogP contribution in [0.1, 0.15) is 40.0 Å². The molecule has 132 valence electrons. The average molecular weight is 363 g/mol. The Morgan fingerprint density at radius 1 is 1.24 bits per heavy atom. The number of rotatable bonds is 6. The molecule has 1 amide bonds. The molecule has 0 unspecified atom stereocenters. The number of carbonyl (C=O) groups is 2. The Balaban J connectivity index is 2.25. The molecule has 0 spiro atoms. The summed E-state index contributed by atoms with van der Waals surface area (Å²) in [5, 5.41) is 6.08. The number of benzene rings is 1. The van der Waals surface area contributed by atoms with Gasteiger partial charge in [0.05, 0.1) is 23.4 Å². The molecular weight excluding hydrogens is 344 g/mol. The lowest BCUT2D eigenvalue weighted by atomic mass is 10.2. The molecule has 0 aliphatic carbocycles. The largest absolute Gasteiger partial charge is 0.465 e. The highest BCUT2D eigenvalue weighted by Gasteiger charge is 2.14. The summed E-state index contributed by atoms with van der Waals surface area (Å²) >= 11 is 6.09. The van der Waals surface area contributed by atoms with E-state index in [0.717, 1.165) is 13.0 Å². The lowest BCUT2D eigenvalue weighted by Crippen LogP contribution is -2.16. The molecule has 0 aliphatic heterocycles. The van der Waals surface area contributed by atoms with Crippen molar-refractivity contribution in [3.05, 3.63) is 46.4 Å². The molecule has 0 bridgehead atoms. The number of halogens is 1. The van der Waals surface area contributed by atoms with E-state index in [2.05, 4.69) is 25.3 Å². The Hall–Kier alpha value is -2.67. The molecule has 2 aromatic rings. The van der Waals surface area contributed by atoms with Crippen LogP contribution in [0.25, 0.3) is 0 Å². The van der Waals surface area contributed by atoms with E-state index in [1.54, 1.807) is 13.0 Å². The van der Waals surface area contributed by atoms with Gasteiger partial charge < -0.3 is 15.4 Å². The van der Waals surface area contributed by atoms with Gasteiger partial charge in [-0.05, 0) is 31.5 Å². The first kappa shape index (κ1) is 18.7. The third-order valence-corrected chi connectivity index (χ3v) is 3.59. The molecule has 2 rings (SSSR count). The maximum atomic E-state index is 12.5. The summed E-state index contributed by atoms with van der Waals surface area (Å²) < 4.78 is 4.67. The van der Waals surface area contributed by atoms with Crippen molar-refractivity contribution in [1.29, 1.82) is 0 Å². The van der Waals surface area contributed by atoms with Gasteiger partial charge in [0.25, 0.3) is 5.91 Å². The van der Waals surface area contributed by atoms with E-state index in [9.17, 15) is 9.59 Å². The molecule has 0 aliphatic rings. The van der Waals surface area contributed by atoms with E-state index in [0.29, 0.717) is 22.4 Å². The first-order chi connectivity index (χ1) is 11.9. The van der Waals surface area contributed by atoms with Gasteiger partial charge in [0.2, 0.25) is 0 Å². The van der Waals surface area contributed by atoms with Crippen LogP contribution in [0.3, 0.4) is 0 Å². The lowest BCUT2D eigenvalue weighted by Gasteiger charge is -2.10. The van der Waals surface area contributed by atoms with Crippen LogP contribution < -0.4 is 10.6 Å². The zero-order valence-electron chi connectivity index (χ0n) is 14.2. The van der Waals surface area contributed by atoms with Crippen molar-refractivity contribution in [3.63, 3.8) is 0 Å². The second-order valence-electron chi connectivity index (χ2n) is 5.25. The summed E-state index contributed by atoms with van der Waals surface area (Å²) in [6.45, 7) is 4.48. The number of anilines is 2. The number of hydrogen-bond acceptors (Lipinski definition) is 6. The van der Waals surface area contributed by atoms with Crippen LogP contribution in [0.5, 0.6) is 0 Å². The van der Waals surface area contributed by atoms with E-state index >= 15 is 0 Å². The number of aryl methyl sites for hydroxylation is 1. The number of nitrogens with one attached hydrogen (secondary N) is 2. The van der Waals surface area contributed by atoms with Gasteiger partial charge in [-0.2, -0.15) is 0 Å². The monoisotopic (exact) mass is 362 g/mol. The van der Waals surface area contributed by atoms with Gasteiger partial charge in [-0.1, -0.05) is 18.5 Å². The Morgan fingerprint density at radius 3 is 2.68 bits per heavy atom. The molecule has 0 radical (unpaired) electrons. The lowest BCUT2D eigenvalue weighted by molar-refractivity contribution is 0.0600. The van der Waals surface area contributed by atoms with E-state index < -0.39 is 11.9 Å². The van der Waals surface area contributed by atoms with Crippen molar-refractivity contribution >= 4 is 35.0 Å². The molecule has 8 heteroatoms. The van der Waals surface area contributed by atoms with E-state index in [-0.39, 0.29) is 11.3 Å². The number of carbonyl (C=O) groups excluding carboxylic acids is 2. The van der Waals surface area contributed by atoms with Gasteiger partial charge in [0.1, 0.15) is 17.3 Å². The molecule has 0 saturated heterocycles. The molecule has 25 heavy (non-hydrogen) atoms. The zero-order valence-corrected chi connectivity index (χ0v) is 15.0. The van der Waals surface area contributed by atoms with E-state index in [4.69, 9.17) is 11.6 Å². The quantitative estimate of drug-likeness (QED) is 0.766. The summed E-state index contributed by atoms with van der Waals surface area (Å²) in [6.07, 6.45) is 0.931. The maximum Gasteiger partial charge on any atom is 0.337 e. The molecule has 1 aromatic heterocycles. The molecule has 0 saturated carbocycles. The van der Waals surface area contributed by atoms with Gasteiger partial charge >= 0.3 is 5.97 Å². The van der Waals surface area contributed by atoms with Crippen molar-refractivity contribution in [2.75, 3.05) is 24.3 Å². The highest BCUT2D eigenvalue weighted by Crippen LogP contribution is 2.24. The van der Waals surface area contributed by atoms with Crippen molar-refractivity contribution in [1.82, 2.24) is 9.97 Å². The topological polar surface area (TPSA) is 93.2 Å². The molecule has 1 aromatic carbocycles. The second-order valence-corrected chi connectivity index (χ2v) is 5.66. The number of aromatic nitrogens is 2. The fourth-order valence-electron chi connectivity index (χ4n) is 2.08. The minimum atomic E-state index is -0.518. The Labute approximate surface area is 150 Å². The first-order valence-corrected chi connectivity index (χ1v) is 8.11. The van der Waals surface area contributed by atoms with Gasteiger partial charge in [-0.25, -0.2) is 14.8 Å². The first-order valence-electron chi connectivity index (χ1n) is 7.73. The smallest absolute Gasteiger partial charge is 0.337 e. The van der Waals surface area contributed by atoms with E-state index in [1.165, 1.54) is 25.3 Å². The maximum absolute atomic E-state index is 12.5. The summed E-state index contributed by atoms with van der Waals surface area (Å²) in [4.78, 5) is 32.5. The molecule has 0 fully saturated rings. The third kappa shape index (κ3) is 4.90. The zero-order chi connectivity index (χ0) is 18.4. The Bertz CT molecular complexity index is 795. The number of amides is 1. The van der Waals surface area contributed by atoms with Crippen LogP contribution in [-0.4, -0.2) is 35.5 Å². The van der Waals surface area contributed by atoms with Gasteiger partial charge in [0, 0.05) is 12.6 Å². The minimum absolute atomic E-state index is 0.200. The third-order valence-electron chi connectivity index (χ3n) is 3.26. The summed E-state index contributed by atoms with van der Waals surface area (Å²) in [5.74, 6) is 0.0830. The van der Waals surface area contributed by atoms with Crippen LogP contribution in [0.2, 0.25) is 5.02 Å². The van der Waals surface area contributed by atoms with Gasteiger partial charge in [0.15, 0.2) is 0 Å². The predicted octanol–water partition coefficient (Wildman–Crippen LogP) is 3.30. The number of hydrogen-bond donors (Lipinski definition) is 2. The summed E-state index contributed by atoms with van der Waals surface area (Å²) in [6, 6.07) is 6.06. The van der Waals surface area contributed by atoms with Crippen LogP contribution in [0.4, 0.5) is 11.5 Å². The predicted molar refractivity (Wildman–Crippen MR) is 96.3 cm³/mol. The summed E-state index contributed by atoms with van der Waals surface area (Å²) in [7, 11) is 1.28. The average Bonchev–Trinajstić information content (AvgIpc) is 2.60. The number of nitrogens with zero attached hydrogens (tertiary/aromatic N) is 2. The van der Waals surface area contributed by atoms with Crippen molar-refractivity contribution < 1.29 is 14.3 Å². The molecule has 0 atom stereocenters. The number of esters is 1. The number of ether oxygens (including phenoxy) is 1. The minimum Gasteiger partial charge on any atom is -0.465 e. The normalized spacial score (nSPS) is 10.2. The SMILES string of the molecule is CCCNc1cc(C(=O)Nc2cc(C(=O)OC)ccc2Cl)nc(C)n1. The van der Waals surface area contributed by atoms with Crippen molar-refractivity contribution in [3.8, 4) is 0 Å². The van der Waals surface area contributed by atoms with Crippen LogP contribution >= 0.6 is 11.6 Å². The highest BCUT2D eigenvalue weighted by molar-refractivity contribution is 6.34. The molecule has 1 heterocycles. The fraction of sp³-hybridized carbons (Fsp3) is 0.294.